The average Bonchev–Trinajstić information content (AvgIpc) is 2.43. The van der Waals surface area contributed by atoms with E-state index in [4.69, 9.17) is 5.73 Å². The Balaban J connectivity index is 2.95. The van der Waals surface area contributed by atoms with Crippen molar-refractivity contribution in [3.05, 3.63) is 35.1 Å². The highest BCUT2D eigenvalue weighted by molar-refractivity contribution is 5.95. The Kier molecular flexibility index (Phi) is 6.04. The van der Waals surface area contributed by atoms with Crippen LogP contribution in [0.4, 0.5) is 4.39 Å². The molecule has 0 saturated heterocycles. The normalized spacial score (nSPS) is 9.95. The molecule has 0 heterocycles. The summed E-state index contributed by atoms with van der Waals surface area (Å²) in [6.45, 7) is 4.19. The summed E-state index contributed by atoms with van der Waals surface area (Å²) >= 11 is 0. The highest BCUT2D eigenvalue weighted by atomic mass is 19.1. The number of carbonyl (C=O) groups is 1. The zero-order valence-corrected chi connectivity index (χ0v) is 11.3. The van der Waals surface area contributed by atoms with Crippen LogP contribution in [0.1, 0.15) is 42.6 Å². The summed E-state index contributed by atoms with van der Waals surface area (Å²) in [5.41, 5.74) is 5.89. The van der Waals surface area contributed by atoms with Crippen molar-refractivity contribution in [3.8, 4) is 11.8 Å². The number of carbonyl (C=O) groups excluding carboxylic acids is 1. The third-order valence-electron chi connectivity index (χ3n) is 2.87. The van der Waals surface area contributed by atoms with Crippen molar-refractivity contribution >= 4 is 5.91 Å². The lowest BCUT2D eigenvalue weighted by Gasteiger charge is -2.15. The fraction of sp³-hybridized carbons (Fsp3) is 0.400. The Labute approximate surface area is 113 Å². The Bertz CT molecular complexity index is 499. The molecule has 0 spiro atoms. The highest BCUT2D eigenvalue weighted by Crippen LogP contribution is 2.11. The highest BCUT2D eigenvalue weighted by Gasteiger charge is 2.15. The maximum atomic E-state index is 13.7. The van der Waals surface area contributed by atoms with Crippen LogP contribution in [0, 0.1) is 17.7 Å². The van der Waals surface area contributed by atoms with E-state index in [0.717, 1.165) is 12.8 Å². The molecule has 0 aliphatic rings. The molecule has 102 valence electrons. The van der Waals surface area contributed by atoms with E-state index in [1.807, 2.05) is 13.8 Å². The number of halogens is 1. The SMILES string of the molecule is CCC(CC)NC(=O)c1cc(C#CCN)ccc1F. The van der Waals surface area contributed by atoms with Gasteiger partial charge < -0.3 is 11.1 Å². The van der Waals surface area contributed by atoms with Gasteiger partial charge >= 0.3 is 0 Å². The van der Waals surface area contributed by atoms with E-state index in [1.165, 1.54) is 18.2 Å². The molecule has 0 aromatic heterocycles. The number of nitrogens with two attached hydrogens (primary N) is 1. The molecule has 1 amide bonds. The van der Waals surface area contributed by atoms with Crippen molar-refractivity contribution in [1.29, 1.82) is 0 Å². The predicted octanol–water partition coefficient (Wildman–Crippen LogP) is 2.05. The molecule has 0 unspecified atom stereocenters. The molecule has 0 radical (unpaired) electrons. The van der Waals surface area contributed by atoms with Crippen molar-refractivity contribution in [1.82, 2.24) is 5.32 Å². The average molecular weight is 262 g/mol. The van der Waals surface area contributed by atoms with Crippen LogP contribution in [-0.4, -0.2) is 18.5 Å². The second-order valence-corrected chi connectivity index (χ2v) is 4.19. The van der Waals surface area contributed by atoms with Gasteiger partial charge in [-0.2, -0.15) is 0 Å². The topological polar surface area (TPSA) is 55.1 Å². The lowest BCUT2D eigenvalue weighted by atomic mass is 10.1. The van der Waals surface area contributed by atoms with E-state index in [0.29, 0.717) is 5.56 Å². The third-order valence-corrected chi connectivity index (χ3v) is 2.87. The monoisotopic (exact) mass is 262 g/mol. The number of nitrogens with one attached hydrogen (secondary N) is 1. The summed E-state index contributed by atoms with van der Waals surface area (Å²) in [4.78, 5) is 12.0. The molecular formula is C15H19FN2O. The first-order chi connectivity index (χ1) is 9.12. The van der Waals surface area contributed by atoms with Crippen LogP contribution in [0.3, 0.4) is 0 Å². The summed E-state index contributed by atoms with van der Waals surface area (Å²) in [6.07, 6.45) is 1.63. The second kappa shape index (κ2) is 7.55. The van der Waals surface area contributed by atoms with Crippen LogP contribution >= 0.6 is 0 Å². The van der Waals surface area contributed by atoms with Gasteiger partial charge in [0.2, 0.25) is 0 Å². The molecule has 0 saturated carbocycles. The van der Waals surface area contributed by atoms with Crippen molar-refractivity contribution in [2.45, 2.75) is 32.7 Å². The molecule has 4 heteroatoms. The van der Waals surface area contributed by atoms with Gasteiger partial charge in [-0.15, -0.1) is 0 Å². The quantitative estimate of drug-likeness (QED) is 0.816. The van der Waals surface area contributed by atoms with E-state index < -0.39 is 11.7 Å². The van der Waals surface area contributed by atoms with Gasteiger partial charge in [0, 0.05) is 11.6 Å². The standard InChI is InChI=1S/C15H19FN2O/c1-3-12(4-2)18-15(19)13-10-11(6-5-9-17)7-8-14(13)16/h7-8,10,12H,3-4,9,17H2,1-2H3,(H,18,19). The van der Waals surface area contributed by atoms with Crippen LogP contribution in [0.5, 0.6) is 0 Å². The van der Waals surface area contributed by atoms with E-state index in [9.17, 15) is 9.18 Å². The van der Waals surface area contributed by atoms with Gasteiger partial charge in [-0.3, -0.25) is 4.79 Å². The fourth-order valence-electron chi connectivity index (χ4n) is 1.69. The van der Waals surface area contributed by atoms with Gasteiger partial charge in [-0.1, -0.05) is 25.7 Å². The molecule has 0 atom stereocenters. The Morgan fingerprint density at radius 1 is 1.42 bits per heavy atom. The van der Waals surface area contributed by atoms with Crippen LogP contribution in [0.15, 0.2) is 18.2 Å². The van der Waals surface area contributed by atoms with Gasteiger partial charge in [0.05, 0.1) is 12.1 Å². The van der Waals surface area contributed by atoms with E-state index in [1.54, 1.807) is 0 Å². The first kappa shape index (κ1) is 15.2. The van der Waals surface area contributed by atoms with Gasteiger partial charge in [-0.25, -0.2) is 4.39 Å². The third kappa shape index (κ3) is 4.38. The Morgan fingerprint density at radius 3 is 2.68 bits per heavy atom. The van der Waals surface area contributed by atoms with Crippen LogP contribution in [0.2, 0.25) is 0 Å². The molecule has 0 bridgehead atoms. The maximum Gasteiger partial charge on any atom is 0.254 e. The molecule has 1 aromatic rings. The molecule has 3 nitrogen and oxygen atoms in total. The molecule has 0 fully saturated rings. The van der Waals surface area contributed by atoms with E-state index in [2.05, 4.69) is 17.2 Å². The van der Waals surface area contributed by atoms with Gasteiger partial charge in [0.1, 0.15) is 5.82 Å². The summed E-state index contributed by atoms with van der Waals surface area (Å²) in [6, 6.07) is 4.30. The van der Waals surface area contributed by atoms with Gasteiger partial charge in [-0.05, 0) is 31.0 Å². The van der Waals surface area contributed by atoms with Crippen molar-refractivity contribution in [2.75, 3.05) is 6.54 Å². The molecule has 19 heavy (non-hydrogen) atoms. The van der Waals surface area contributed by atoms with Gasteiger partial charge in [0.25, 0.3) is 5.91 Å². The largest absolute Gasteiger partial charge is 0.349 e. The van der Waals surface area contributed by atoms with Crippen molar-refractivity contribution in [2.24, 2.45) is 5.73 Å². The smallest absolute Gasteiger partial charge is 0.254 e. The molecule has 0 aliphatic heterocycles. The van der Waals surface area contributed by atoms with E-state index >= 15 is 0 Å². The summed E-state index contributed by atoms with van der Waals surface area (Å²) < 4.78 is 13.7. The maximum absolute atomic E-state index is 13.7. The second-order valence-electron chi connectivity index (χ2n) is 4.19. The zero-order chi connectivity index (χ0) is 14.3. The number of amides is 1. The summed E-state index contributed by atoms with van der Waals surface area (Å²) in [5.74, 6) is 4.52. The molecule has 1 aromatic carbocycles. The molecule has 1 rings (SSSR count). The predicted molar refractivity (Wildman–Crippen MR) is 74.2 cm³/mol. The van der Waals surface area contributed by atoms with E-state index in [-0.39, 0.29) is 18.2 Å². The Morgan fingerprint density at radius 2 is 2.11 bits per heavy atom. The number of rotatable bonds is 4. The number of benzene rings is 1. The zero-order valence-electron chi connectivity index (χ0n) is 11.3. The van der Waals surface area contributed by atoms with Crippen molar-refractivity contribution < 1.29 is 9.18 Å². The van der Waals surface area contributed by atoms with Crippen LogP contribution < -0.4 is 11.1 Å². The minimum absolute atomic E-state index is 0.0238. The van der Waals surface area contributed by atoms with Crippen molar-refractivity contribution in [3.63, 3.8) is 0 Å². The molecule has 0 aliphatic carbocycles. The summed E-state index contributed by atoms with van der Waals surface area (Å²) in [5, 5.41) is 2.80. The molecule has 3 N–H and O–H groups in total. The lowest BCUT2D eigenvalue weighted by molar-refractivity contribution is 0.0930. The fourth-order valence-corrected chi connectivity index (χ4v) is 1.69. The lowest BCUT2D eigenvalue weighted by Crippen LogP contribution is -2.34. The number of hydrogen-bond donors (Lipinski definition) is 2. The number of hydrogen-bond acceptors (Lipinski definition) is 2. The summed E-state index contributed by atoms with van der Waals surface area (Å²) in [7, 11) is 0. The van der Waals surface area contributed by atoms with Gasteiger partial charge in [0.15, 0.2) is 0 Å². The van der Waals surface area contributed by atoms with Crippen LogP contribution in [0.25, 0.3) is 0 Å². The Hall–Kier alpha value is -1.86. The minimum Gasteiger partial charge on any atom is -0.349 e. The minimum atomic E-state index is -0.540. The van der Waals surface area contributed by atoms with Crippen LogP contribution in [-0.2, 0) is 0 Å². The first-order valence-corrected chi connectivity index (χ1v) is 6.41. The molecular weight excluding hydrogens is 243 g/mol. The first-order valence-electron chi connectivity index (χ1n) is 6.41.